The number of hydrogen-bond acceptors (Lipinski definition) is 3. The van der Waals surface area contributed by atoms with Crippen LogP contribution in [0.4, 0.5) is 0 Å². The first-order chi connectivity index (χ1) is 8.92. The lowest BCUT2D eigenvalue weighted by Crippen LogP contribution is -2.42. The van der Waals surface area contributed by atoms with E-state index in [2.05, 4.69) is 5.32 Å². The first-order valence-electron chi connectivity index (χ1n) is 7.17. The monoisotopic (exact) mass is 271 g/mol. The normalized spacial score (nSPS) is 13.7. The van der Waals surface area contributed by atoms with Gasteiger partial charge in [-0.1, -0.05) is 20.3 Å². The number of rotatable bonds is 9. The third-order valence-electron chi connectivity index (χ3n) is 3.14. The molecule has 0 aliphatic rings. The first-order valence-corrected chi connectivity index (χ1v) is 7.17. The molecule has 0 bridgehead atoms. The Kier molecular flexibility index (Phi) is 9.21. The molecular formula is C14H29N3O2. The number of nitrogens with zero attached hydrogens (tertiary/aromatic N) is 1. The van der Waals surface area contributed by atoms with Crippen LogP contribution in [0.2, 0.25) is 0 Å². The Morgan fingerprint density at radius 1 is 1.26 bits per heavy atom. The molecule has 5 nitrogen and oxygen atoms in total. The second kappa shape index (κ2) is 9.78. The predicted molar refractivity (Wildman–Crippen MR) is 77.6 cm³/mol. The zero-order valence-corrected chi connectivity index (χ0v) is 12.7. The molecular weight excluding hydrogens is 242 g/mol. The van der Waals surface area contributed by atoms with Crippen molar-refractivity contribution in [2.75, 3.05) is 20.1 Å². The number of amides is 2. The van der Waals surface area contributed by atoms with Crippen LogP contribution in [-0.4, -0.2) is 42.9 Å². The summed E-state index contributed by atoms with van der Waals surface area (Å²) >= 11 is 0. The van der Waals surface area contributed by atoms with Gasteiger partial charge in [-0.15, -0.1) is 0 Å². The predicted octanol–water partition coefficient (Wildman–Crippen LogP) is 1.12. The van der Waals surface area contributed by atoms with Gasteiger partial charge in [0.15, 0.2) is 0 Å². The van der Waals surface area contributed by atoms with E-state index in [1.54, 1.807) is 11.9 Å². The van der Waals surface area contributed by atoms with Crippen molar-refractivity contribution >= 4 is 11.8 Å². The van der Waals surface area contributed by atoms with E-state index >= 15 is 0 Å². The number of carbonyl (C=O) groups is 2. The minimum absolute atomic E-state index is 0.0463. The van der Waals surface area contributed by atoms with Gasteiger partial charge in [-0.05, 0) is 26.2 Å². The molecule has 2 atom stereocenters. The summed E-state index contributed by atoms with van der Waals surface area (Å²) in [7, 11) is 1.59. The van der Waals surface area contributed by atoms with Gasteiger partial charge < -0.3 is 16.0 Å². The van der Waals surface area contributed by atoms with Gasteiger partial charge in [-0.25, -0.2) is 0 Å². The highest BCUT2D eigenvalue weighted by Gasteiger charge is 2.21. The fraction of sp³-hybridized carbons (Fsp3) is 0.857. The van der Waals surface area contributed by atoms with Gasteiger partial charge in [0.2, 0.25) is 11.8 Å². The Morgan fingerprint density at radius 2 is 1.89 bits per heavy atom. The summed E-state index contributed by atoms with van der Waals surface area (Å²) < 4.78 is 0. The quantitative estimate of drug-likeness (QED) is 0.660. The summed E-state index contributed by atoms with van der Waals surface area (Å²) in [5.74, 6) is -0.102. The van der Waals surface area contributed by atoms with E-state index in [4.69, 9.17) is 5.73 Å². The third kappa shape index (κ3) is 7.82. The highest BCUT2D eigenvalue weighted by atomic mass is 16.2. The first kappa shape index (κ1) is 17.9. The lowest BCUT2D eigenvalue weighted by atomic mass is 10.0. The van der Waals surface area contributed by atoms with Gasteiger partial charge in [-0.3, -0.25) is 9.59 Å². The second-order valence-corrected chi connectivity index (χ2v) is 5.24. The summed E-state index contributed by atoms with van der Waals surface area (Å²) in [5.41, 5.74) is 5.70. The Labute approximate surface area is 116 Å². The smallest absolute Gasteiger partial charge is 0.239 e. The van der Waals surface area contributed by atoms with E-state index in [1.807, 2.05) is 20.8 Å². The molecule has 0 heterocycles. The molecule has 0 fully saturated rings. The maximum Gasteiger partial charge on any atom is 0.239 e. The van der Waals surface area contributed by atoms with Crippen molar-refractivity contribution in [3.63, 3.8) is 0 Å². The lowest BCUT2D eigenvalue weighted by molar-refractivity contribution is -0.139. The van der Waals surface area contributed by atoms with Gasteiger partial charge in [0.25, 0.3) is 0 Å². The number of nitrogens with one attached hydrogen (secondary N) is 1. The third-order valence-corrected chi connectivity index (χ3v) is 3.14. The number of likely N-dealkylation sites (N-methyl/N-ethyl adjacent to an activating group) is 1. The maximum atomic E-state index is 12.3. The molecule has 5 heteroatoms. The van der Waals surface area contributed by atoms with E-state index in [0.717, 1.165) is 25.7 Å². The van der Waals surface area contributed by atoms with Crippen LogP contribution in [0.5, 0.6) is 0 Å². The van der Waals surface area contributed by atoms with Gasteiger partial charge >= 0.3 is 0 Å². The zero-order valence-electron chi connectivity index (χ0n) is 12.7. The fourth-order valence-corrected chi connectivity index (χ4v) is 1.97. The highest BCUT2D eigenvalue weighted by Crippen LogP contribution is 2.12. The average molecular weight is 271 g/mol. The Bertz CT molecular complexity index is 280. The van der Waals surface area contributed by atoms with E-state index in [9.17, 15) is 9.59 Å². The van der Waals surface area contributed by atoms with Crippen LogP contribution >= 0.6 is 0 Å². The second-order valence-electron chi connectivity index (χ2n) is 5.24. The molecule has 0 aliphatic carbocycles. The molecule has 0 radical (unpaired) electrons. The van der Waals surface area contributed by atoms with Gasteiger partial charge in [0.05, 0.1) is 6.54 Å². The molecule has 112 valence electrons. The average Bonchev–Trinajstić information content (AvgIpc) is 2.36. The Morgan fingerprint density at radius 3 is 2.37 bits per heavy atom. The number of nitrogens with two attached hydrogens (primary N) is 1. The maximum absolute atomic E-state index is 12.3. The molecule has 0 saturated carbocycles. The van der Waals surface area contributed by atoms with Crippen LogP contribution in [0, 0.1) is 5.92 Å². The summed E-state index contributed by atoms with van der Waals surface area (Å²) in [6, 6.07) is 0.180. The fourth-order valence-electron chi connectivity index (χ4n) is 1.97. The number of carbonyl (C=O) groups excluding carboxylic acids is 2. The molecule has 2 amide bonds. The van der Waals surface area contributed by atoms with Crippen LogP contribution in [0.25, 0.3) is 0 Å². The molecule has 0 saturated heterocycles. The summed E-state index contributed by atoms with van der Waals surface area (Å²) in [6.07, 6.45) is 3.56. The van der Waals surface area contributed by atoms with Gasteiger partial charge in [-0.2, -0.15) is 0 Å². The van der Waals surface area contributed by atoms with Crippen LogP contribution < -0.4 is 11.1 Å². The molecule has 0 spiro atoms. The van der Waals surface area contributed by atoms with Crippen molar-refractivity contribution in [3.8, 4) is 0 Å². The lowest BCUT2D eigenvalue weighted by Gasteiger charge is -2.24. The standard InChI is InChI=1S/C14H29N3O2/c1-5-9-17(10-13(18)16-4)14(19)11(2)7-6-8-12(3)15/h11-12H,5-10,15H2,1-4H3,(H,16,18). The van der Waals surface area contributed by atoms with Crippen molar-refractivity contribution in [1.29, 1.82) is 0 Å². The largest absolute Gasteiger partial charge is 0.358 e. The van der Waals surface area contributed by atoms with Crippen molar-refractivity contribution in [1.82, 2.24) is 10.2 Å². The van der Waals surface area contributed by atoms with Crippen molar-refractivity contribution in [3.05, 3.63) is 0 Å². The zero-order chi connectivity index (χ0) is 14.8. The Balaban J connectivity index is 4.31. The molecule has 3 N–H and O–H groups in total. The molecule has 0 aromatic heterocycles. The number of hydrogen-bond donors (Lipinski definition) is 2. The molecule has 0 rings (SSSR count). The van der Waals surface area contributed by atoms with E-state index in [1.165, 1.54) is 0 Å². The highest BCUT2D eigenvalue weighted by molar-refractivity contribution is 5.85. The minimum atomic E-state index is -0.121. The molecule has 0 aromatic rings. The van der Waals surface area contributed by atoms with Crippen molar-refractivity contribution < 1.29 is 9.59 Å². The Hall–Kier alpha value is -1.10. The van der Waals surface area contributed by atoms with Crippen molar-refractivity contribution in [2.24, 2.45) is 11.7 Å². The van der Waals surface area contributed by atoms with Crippen LogP contribution in [0.1, 0.15) is 46.5 Å². The summed E-state index contributed by atoms with van der Waals surface area (Å²) in [6.45, 7) is 6.69. The van der Waals surface area contributed by atoms with Crippen LogP contribution in [0.15, 0.2) is 0 Å². The molecule has 19 heavy (non-hydrogen) atoms. The molecule has 0 aromatic carbocycles. The van der Waals surface area contributed by atoms with Crippen LogP contribution in [0.3, 0.4) is 0 Å². The minimum Gasteiger partial charge on any atom is -0.358 e. The SMILES string of the molecule is CCCN(CC(=O)NC)C(=O)C(C)CCCC(C)N. The van der Waals surface area contributed by atoms with E-state index in [0.29, 0.717) is 6.54 Å². The topological polar surface area (TPSA) is 75.4 Å². The molecule has 2 unspecified atom stereocenters. The summed E-state index contributed by atoms with van der Waals surface area (Å²) in [5, 5.41) is 2.56. The van der Waals surface area contributed by atoms with Gasteiger partial charge in [0, 0.05) is 25.6 Å². The van der Waals surface area contributed by atoms with Crippen molar-refractivity contribution in [2.45, 2.75) is 52.5 Å². The molecule has 0 aliphatic heterocycles. The van der Waals surface area contributed by atoms with Crippen LogP contribution in [-0.2, 0) is 9.59 Å². The van der Waals surface area contributed by atoms with E-state index < -0.39 is 0 Å². The van der Waals surface area contributed by atoms with E-state index in [-0.39, 0.29) is 30.3 Å². The summed E-state index contributed by atoms with van der Waals surface area (Å²) in [4.78, 5) is 25.3. The van der Waals surface area contributed by atoms with Gasteiger partial charge in [0.1, 0.15) is 0 Å².